The first kappa shape index (κ1) is 12.8. The number of rotatable bonds is 7. The molecule has 4 heteroatoms. The Morgan fingerprint density at radius 1 is 1.38 bits per heavy atom. The molecule has 0 atom stereocenters. The van der Waals surface area contributed by atoms with Gasteiger partial charge in [0.2, 0.25) is 0 Å². The summed E-state index contributed by atoms with van der Waals surface area (Å²) in [6, 6.07) is 4.31. The predicted octanol–water partition coefficient (Wildman–Crippen LogP) is 1.89. The zero-order valence-electron chi connectivity index (χ0n) is 10.3. The van der Waals surface area contributed by atoms with E-state index in [9.17, 15) is 0 Å². The van der Waals surface area contributed by atoms with Gasteiger partial charge in [0.15, 0.2) is 11.6 Å². The summed E-state index contributed by atoms with van der Waals surface area (Å²) in [5.41, 5.74) is 0. The molecule has 1 heterocycles. The van der Waals surface area contributed by atoms with Crippen molar-refractivity contribution >= 4 is 5.82 Å². The van der Waals surface area contributed by atoms with Crippen molar-refractivity contribution in [2.75, 3.05) is 25.0 Å². The summed E-state index contributed by atoms with van der Waals surface area (Å²) in [5.74, 6) is 1.63. The zero-order valence-corrected chi connectivity index (χ0v) is 10.3. The van der Waals surface area contributed by atoms with Crippen LogP contribution in [-0.4, -0.2) is 30.7 Å². The number of pyridine rings is 1. The predicted molar refractivity (Wildman–Crippen MR) is 67.0 cm³/mol. The molecule has 0 unspecified atom stereocenters. The third kappa shape index (κ3) is 4.49. The number of anilines is 1. The first-order valence-corrected chi connectivity index (χ1v) is 5.79. The Morgan fingerprint density at radius 3 is 2.88 bits per heavy atom. The van der Waals surface area contributed by atoms with E-state index in [4.69, 9.17) is 4.74 Å². The second-order valence-corrected chi connectivity index (χ2v) is 3.82. The van der Waals surface area contributed by atoms with E-state index in [1.807, 2.05) is 19.1 Å². The molecular formula is C12H21N3O. The lowest BCUT2D eigenvalue weighted by atomic mass is 10.4. The van der Waals surface area contributed by atoms with Crippen LogP contribution in [0.25, 0.3) is 0 Å². The molecule has 0 aromatic carbocycles. The quantitative estimate of drug-likeness (QED) is 0.693. The van der Waals surface area contributed by atoms with Crippen molar-refractivity contribution < 1.29 is 4.74 Å². The van der Waals surface area contributed by atoms with Crippen molar-refractivity contribution in [2.24, 2.45) is 0 Å². The fourth-order valence-electron chi connectivity index (χ4n) is 1.34. The van der Waals surface area contributed by atoms with Gasteiger partial charge < -0.3 is 15.4 Å². The van der Waals surface area contributed by atoms with Gasteiger partial charge in [-0.2, -0.15) is 0 Å². The van der Waals surface area contributed by atoms with Gasteiger partial charge in [0.25, 0.3) is 0 Å². The molecule has 90 valence electrons. The molecule has 0 amide bonds. The van der Waals surface area contributed by atoms with Gasteiger partial charge in [0.05, 0.1) is 6.61 Å². The second-order valence-electron chi connectivity index (χ2n) is 3.82. The van der Waals surface area contributed by atoms with Crippen LogP contribution in [0.5, 0.6) is 5.75 Å². The molecule has 1 aromatic rings. The molecule has 0 aliphatic rings. The Bertz CT molecular complexity index is 302. The molecule has 0 bridgehead atoms. The van der Waals surface area contributed by atoms with E-state index in [-0.39, 0.29) is 0 Å². The van der Waals surface area contributed by atoms with Gasteiger partial charge in [-0.3, -0.25) is 0 Å². The van der Waals surface area contributed by atoms with Crippen LogP contribution >= 0.6 is 0 Å². The molecule has 0 radical (unpaired) electrons. The van der Waals surface area contributed by atoms with E-state index < -0.39 is 0 Å². The monoisotopic (exact) mass is 223 g/mol. The van der Waals surface area contributed by atoms with E-state index in [0.717, 1.165) is 24.7 Å². The number of hydrogen-bond donors (Lipinski definition) is 2. The van der Waals surface area contributed by atoms with Gasteiger partial charge in [0, 0.05) is 25.3 Å². The molecule has 0 aliphatic heterocycles. The van der Waals surface area contributed by atoms with Crippen molar-refractivity contribution in [1.82, 2.24) is 10.3 Å². The first-order chi connectivity index (χ1) is 7.74. The van der Waals surface area contributed by atoms with Crippen LogP contribution in [-0.2, 0) is 0 Å². The van der Waals surface area contributed by atoms with Gasteiger partial charge >= 0.3 is 0 Å². The number of nitrogens with one attached hydrogen (secondary N) is 2. The highest BCUT2D eigenvalue weighted by atomic mass is 16.5. The lowest BCUT2D eigenvalue weighted by molar-refractivity contribution is 0.340. The highest BCUT2D eigenvalue weighted by molar-refractivity contribution is 5.49. The van der Waals surface area contributed by atoms with Crippen molar-refractivity contribution in [3.05, 3.63) is 18.3 Å². The minimum absolute atomic E-state index is 0.511. The maximum absolute atomic E-state index is 5.47. The van der Waals surface area contributed by atoms with Gasteiger partial charge in [-0.25, -0.2) is 4.98 Å². The smallest absolute Gasteiger partial charge is 0.168 e. The Hall–Kier alpha value is -1.29. The summed E-state index contributed by atoms with van der Waals surface area (Å²) in [6.07, 6.45) is 1.76. The van der Waals surface area contributed by atoms with Crippen LogP contribution in [0.4, 0.5) is 5.82 Å². The highest BCUT2D eigenvalue weighted by Gasteiger charge is 2.02. The van der Waals surface area contributed by atoms with E-state index in [0.29, 0.717) is 12.6 Å². The minimum atomic E-state index is 0.511. The summed E-state index contributed by atoms with van der Waals surface area (Å²) in [7, 11) is 0. The molecule has 0 fully saturated rings. The van der Waals surface area contributed by atoms with Gasteiger partial charge in [-0.05, 0) is 19.1 Å². The Balaban J connectivity index is 2.40. The van der Waals surface area contributed by atoms with Crippen molar-refractivity contribution in [2.45, 2.75) is 26.8 Å². The van der Waals surface area contributed by atoms with Crippen LogP contribution in [0.3, 0.4) is 0 Å². The third-order valence-corrected chi connectivity index (χ3v) is 2.04. The van der Waals surface area contributed by atoms with Crippen molar-refractivity contribution in [1.29, 1.82) is 0 Å². The lowest BCUT2D eigenvalue weighted by Crippen LogP contribution is -2.28. The fourth-order valence-corrected chi connectivity index (χ4v) is 1.34. The molecule has 0 spiro atoms. The van der Waals surface area contributed by atoms with E-state index in [2.05, 4.69) is 29.5 Å². The maximum Gasteiger partial charge on any atom is 0.168 e. The van der Waals surface area contributed by atoms with Crippen LogP contribution in [0.2, 0.25) is 0 Å². The van der Waals surface area contributed by atoms with Crippen LogP contribution in [0.1, 0.15) is 20.8 Å². The highest BCUT2D eigenvalue weighted by Crippen LogP contribution is 2.19. The molecule has 0 aliphatic carbocycles. The second kappa shape index (κ2) is 7.06. The lowest BCUT2D eigenvalue weighted by Gasteiger charge is -2.12. The molecule has 0 saturated carbocycles. The number of hydrogen-bond acceptors (Lipinski definition) is 4. The van der Waals surface area contributed by atoms with E-state index in [1.54, 1.807) is 6.20 Å². The number of ether oxygens (including phenoxy) is 1. The topological polar surface area (TPSA) is 46.2 Å². The molecule has 1 aromatic heterocycles. The molecule has 4 nitrogen and oxygen atoms in total. The molecule has 16 heavy (non-hydrogen) atoms. The van der Waals surface area contributed by atoms with Gasteiger partial charge in [-0.15, -0.1) is 0 Å². The minimum Gasteiger partial charge on any atom is -0.490 e. The average molecular weight is 223 g/mol. The van der Waals surface area contributed by atoms with Crippen molar-refractivity contribution in [3.8, 4) is 5.75 Å². The third-order valence-electron chi connectivity index (χ3n) is 2.04. The van der Waals surface area contributed by atoms with Crippen LogP contribution in [0, 0.1) is 0 Å². The largest absolute Gasteiger partial charge is 0.490 e. The van der Waals surface area contributed by atoms with Gasteiger partial charge in [-0.1, -0.05) is 13.8 Å². The van der Waals surface area contributed by atoms with Gasteiger partial charge in [0.1, 0.15) is 0 Å². The SMILES string of the molecule is CCOc1cccnc1NCCNC(C)C. The molecular weight excluding hydrogens is 202 g/mol. The average Bonchev–Trinajstić information content (AvgIpc) is 2.26. The van der Waals surface area contributed by atoms with Crippen LogP contribution < -0.4 is 15.4 Å². The molecule has 1 rings (SSSR count). The Kier molecular flexibility index (Phi) is 5.64. The summed E-state index contributed by atoms with van der Waals surface area (Å²) in [6.45, 7) is 8.65. The summed E-state index contributed by atoms with van der Waals surface area (Å²) in [5, 5.41) is 6.59. The normalized spacial score (nSPS) is 10.5. The van der Waals surface area contributed by atoms with Crippen LogP contribution in [0.15, 0.2) is 18.3 Å². The summed E-state index contributed by atoms with van der Waals surface area (Å²) < 4.78 is 5.47. The molecule has 0 saturated heterocycles. The summed E-state index contributed by atoms with van der Waals surface area (Å²) in [4.78, 5) is 4.25. The molecule has 2 N–H and O–H groups in total. The number of aromatic nitrogens is 1. The van der Waals surface area contributed by atoms with Crippen molar-refractivity contribution in [3.63, 3.8) is 0 Å². The Morgan fingerprint density at radius 2 is 2.19 bits per heavy atom. The van der Waals surface area contributed by atoms with E-state index in [1.165, 1.54) is 0 Å². The fraction of sp³-hybridized carbons (Fsp3) is 0.583. The maximum atomic E-state index is 5.47. The van der Waals surface area contributed by atoms with E-state index >= 15 is 0 Å². The Labute approximate surface area is 97.4 Å². The number of nitrogens with zero attached hydrogens (tertiary/aromatic N) is 1. The standard InChI is InChI=1S/C12H21N3O/c1-4-16-11-6-5-7-14-12(11)15-9-8-13-10(2)3/h5-7,10,13H,4,8-9H2,1-3H3,(H,14,15). The zero-order chi connectivity index (χ0) is 11.8. The first-order valence-electron chi connectivity index (χ1n) is 5.79. The summed E-state index contributed by atoms with van der Waals surface area (Å²) >= 11 is 0.